The highest BCUT2D eigenvalue weighted by atomic mass is 35.5. The molecular weight excluding hydrogens is 330 g/mol. The van der Waals surface area contributed by atoms with Gasteiger partial charge in [0.1, 0.15) is 5.75 Å². The minimum atomic E-state index is -0.237. The van der Waals surface area contributed by atoms with Crippen LogP contribution in [0.1, 0.15) is 10.4 Å². The van der Waals surface area contributed by atoms with E-state index >= 15 is 0 Å². The van der Waals surface area contributed by atoms with Gasteiger partial charge in [-0.25, -0.2) is 0 Å². The van der Waals surface area contributed by atoms with Gasteiger partial charge in [0.25, 0.3) is 5.91 Å². The molecule has 126 valence electrons. The number of hydrogen-bond acceptors (Lipinski definition) is 5. The summed E-state index contributed by atoms with van der Waals surface area (Å²) >= 11 is 6.08. The number of hydrogen-bond donors (Lipinski definition) is 1. The Kier molecular flexibility index (Phi) is 5.17. The summed E-state index contributed by atoms with van der Waals surface area (Å²) in [5.41, 5.74) is 2.01. The first kappa shape index (κ1) is 16.5. The highest BCUT2D eigenvalue weighted by Gasteiger charge is 2.14. The molecule has 1 aliphatic rings. The molecular formula is C17H18ClN3O3. The summed E-state index contributed by atoms with van der Waals surface area (Å²) in [4.78, 5) is 18.8. The number of anilines is 2. The number of nitrogens with one attached hydrogen (secondary N) is 1. The molecule has 2 aromatic rings. The van der Waals surface area contributed by atoms with Crippen LogP contribution in [0.2, 0.25) is 5.02 Å². The fourth-order valence-electron chi connectivity index (χ4n) is 2.49. The molecule has 0 atom stereocenters. The third-order valence-electron chi connectivity index (χ3n) is 3.77. The lowest BCUT2D eigenvalue weighted by atomic mass is 10.2. The summed E-state index contributed by atoms with van der Waals surface area (Å²) in [6, 6.07) is 6.93. The molecule has 24 heavy (non-hydrogen) atoms. The molecule has 0 bridgehead atoms. The van der Waals surface area contributed by atoms with Gasteiger partial charge in [-0.05, 0) is 24.3 Å². The number of morpholine rings is 1. The van der Waals surface area contributed by atoms with E-state index in [2.05, 4.69) is 15.2 Å². The Morgan fingerprint density at radius 3 is 2.79 bits per heavy atom. The molecule has 1 amide bonds. The number of pyridine rings is 1. The highest BCUT2D eigenvalue weighted by Crippen LogP contribution is 2.27. The van der Waals surface area contributed by atoms with Crippen LogP contribution in [0.3, 0.4) is 0 Å². The molecule has 6 nitrogen and oxygen atoms in total. The zero-order valence-electron chi connectivity index (χ0n) is 13.3. The van der Waals surface area contributed by atoms with E-state index in [1.807, 2.05) is 6.07 Å². The van der Waals surface area contributed by atoms with Crippen molar-refractivity contribution < 1.29 is 14.3 Å². The zero-order valence-corrected chi connectivity index (χ0v) is 14.0. The summed E-state index contributed by atoms with van der Waals surface area (Å²) in [7, 11) is 1.54. The molecule has 0 unspecified atom stereocenters. The third kappa shape index (κ3) is 3.77. The van der Waals surface area contributed by atoms with Crippen LogP contribution in [0.5, 0.6) is 5.75 Å². The summed E-state index contributed by atoms with van der Waals surface area (Å²) in [6.45, 7) is 2.95. The molecule has 3 rings (SSSR count). The summed E-state index contributed by atoms with van der Waals surface area (Å²) in [5, 5.41) is 3.26. The van der Waals surface area contributed by atoms with Gasteiger partial charge in [-0.1, -0.05) is 11.6 Å². The van der Waals surface area contributed by atoms with E-state index in [1.54, 1.807) is 37.7 Å². The number of ether oxygens (including phenoxy) is 2. The SMILES string of the molecule is COc1ccc(NC(=O)c2cncc(N3CCOCC3)c2)cc1Cl. The van der Waals surface area contributed by atoms with Crippen molar-refractivity contribution in [3.63, 3.8) is 0 Å². The molecule has 1 aromatic heterocycles. The fourth-order valence-corrected chi connectivity index (χ4v) is 2.75. The molecule has 0 spiro atoms. The normalized spacial score (nSPS) is 14.3. The smallest absolute Gasteiger partial charge is 0.257 e. The van der Waals surface area contributed by atoms with Crippen molar-refractivity contribution in [1.29, 1.82) is 0 Å². The first-order valence-corrected chi connectivity index (χ1v) is 7.98. The minimum absolute atomic E-state index is 0.237. The Morgan fingerprint density at radius 2 is 2.08 bits per heavy atom. The third-order valence-corrected chi connectivity index (χ3v) is 4.07. The van der Waals surface area contributed by atoms with E-state index in [0.29, 0.717) is 35.2 Å². The van der Waals surface area contributed by atoms with E-state index in [9.17, 15) is 4.79 Å². The number of carbonyl (C=O) groups is 1. The second-order valence-electron chi connectivity index (χ2n) is 5.33. The lowest BCUT2D eigenvalue weighted by molar-refractivity contribution is 0.102. The average molecular weight is 348 g/mol. The van der Waals surface area contributed by atoms with E-state index in [-0.39, 0.29) is 5.91 Å². The largest absolute Gasteiger partial charge is 0.495 e. The lowest BCUT2D eigenvalue weighted by Gasteiger charge is -2.28. The van der Waals surface area contributed by atoms with Crippen LogP contribution >= 0.6 is 11.6 Å². The van der Waals surface area contributed by atoms with Gasteiger partial charge >= 0.3 is 0 Å². The van der Waals surface area contributed by atoms with Crippen LogP contribution in [0, 0.1) is 0 Å². The van der Waals surface area contributed by atoms with Crippen molar-refractivity contribution in [2.24, 2.45) is 0 Å². The van der Waals surface area contributed by atoms with Crippen molar-refractivity contribution in [3.05, 3.63) is 47.2 Å². The predicted molar refractivity (Wildman–Crippen MR) is 93.2 cm³/mol. The molecule has 0 radical (unpaired) electrons. The Labute approximate surface area is 145 Å². The Balaban J connectivity index is 1.74. The number of halogens is 1. The Morgan fingerprint density at radius 1 is 1.29 bits per heavy atom. The fraction of sp³-hybridized carbons (Fsp3) is 0.294. The van der Waals surface area contributed by atoms with Crippen LogP contribution in [0.25, 0.3) is 0 Å². The van der Waals surface area contributed by atoms with Crippen LogP contribution in [-0.4, -0.2) is 44.3 Å². The lowest BCUT2D eigenvalue weighted by Crippen LogP contribution is -2.36. The quantitative estimate of drug-likeness (QED) is 0.921. The van der Waals surface area contributed by atoms with Crippen LogP contribution in [-0.2, 0) is 4.74 Å². The van der Waals surface area contributed by atoms with E-state index in [1.165, 1.54) is 0 Å². The van der Waals surface area contributed by atoms with Gasteiger partial charge < -0.3 is 19.7 Å². The van der Waals surface area contributed by atoms with Crippen LogP contribution < -0.4 is 15.0 Å². The van der Waals surface area contributed by atoms with Crippen molar-refractivity contribution in [3.8, 4) is 5.75 Å². The molecule has 1 fully saturated rings. The van der Waals surface area contributed by atoms with Gasteiger partial charge in [0, 0.05) is 25.0 Å². The van der Waals surface area contributed by atoms with Gasteiger partial charge in [0.15, 0.2) is 0 Å². The molecule has 0 saturated carbocycles. The molecule has 1 saturated heterocycles. The van der Waals surface area contributed by atoms with Gasteiger partial charge in [-0.15, -0.1) is 0 Å². The standard InChI is InChI=1S/C17H18ClN3O3/c1-23-16-3-2-13(9-15(16)18)20-17(22)12-8-14(11-19-10-12)21-4-6-24-7-5-21/h2-3,8-11H,4-7H2,1H3,(H,20,22). The zero-order chi connectivity index (χ0) is 16.9. The van der Waals surface area contributed by atoms with Crippen LogP contribution in [0.15, 0.2) is 36.7 Å². The van der Waals surface area contributed by atoms with Crippen LogP contribution in [0.4, 0.5) is 11.4 Å². The Bertz CT molecular complexity index is 733. The summed E-state index contributed by atoms with van der Waals surface area (Å²) in [6.07, 6.45) is 3.30. The van der Waals surface area contributed by atoms with Gasteiger partial charge in [-0.2, -0.15) is 0 Å². The van der Waals surface area contributed by atoms with Crippen molar-refractivity contribution in [1.82, 2.24) is 4.98 Å². The van der Waals surface area contributed by atoms with Gasteiger partial charge in [-0.3, -0.25) is 9.78 Å². The van der Waals surface area contributed by atoms with E-state index in [4.69, 9.17) is 21.1 Å². The molecule has 7 heteroatoms. The number of nitrogens with zero attached hydrogens (tertiary/aromatic N) is 2. The number of carbonyl (C=O) groups excluding carboxylic acids is 1. The minimum Gasteiger partial charge on any atom is -0.495 e. The predicted octanol–water partition coefficient (Wildman–Crippen LogP) is 2.83. The van der Waals surface area contributed by atoms with Crippen molar-refractivity contribution >= 4 is 28.9 Å². The number of benzene rings is 1. The maximum atomic E-state index is 12.4. The van der Waals surface area contributed by atoms with E-state index < -0.39 is 0 Å². The number of amides is 1. The van der Waals surface area contributed by atoms with E-state index in [0.717, 1.165) is 18.8 Å². The van der Waals surface area contributed by atoms with Gasteiger partial charge in [0.2, 0.25) is 0 Å². The number of aromatic nitrogens is 1. The molecule has 1 aliphatic heterocycles. The second kappa shape index (κ2) is 7.51. The summed E-state index contributed by atoms with van der Waals surface area (Å²) in [5.74, 6) is 0.324. The topological polar surface area (TPSA) is 63.7 Å². The van der Waals surface area contributed by atoms with Gasteiger partial charge in [0.05, 0.1) is 42.8 Å². The molecule has 2 heterocycles. The molecule has 1 aromatic carbocycles. The first-order chi connectivity index (χ1) is 11.7. The monoisotopic (exact) mass is 347 g/mol. The Hall–Kier alpha value is -2.31. The molecule has 1 N–H and O–H groups in total. The average Bonchev–Trinajstić information content (AvgIpc) is 2.63. The summed E-state index contributed by atoms with van der Waals surface area (Å²) < 4.78 is 10.4. The maximum Gasteiger partial charge on any atom is 0.257 e. The highest BCUT2D eigenvalue weighted by molar-refractivity contribution is 6.32. The number of rotatable bonds is 4. The molecule has 0 aliphatic carbocycles. The number of methoxy groups -OCH3 is 1. The maximum absolute atomic E-state index is 12.4. The van der Waals surface area contributed by atoms with Crippen molar-refractivity contribution in [2.45, 2.75) is 0 Å². The second-order valence-corrected chi connectivity index (χ2v) is 5.74. The van der Waals surface area contributed by atoms with Crippen molar-refractivity contribution in [2.75, 3.05) is 43.6 Å². The first-order valence-electron chi connectivity index (χ1n) is 7.60.